The zero-order chi connectivity index (χ0) is 20.4. The average Bonchev–Trinajstić information content (AvgIpc) is 2.65. The molecule has 7 heteroatoms. The molecule has 1 aromatic heterocycles. The van der Waals surface area contributed by atoms with E-state index >= 15 is 0 Å². The van der Waals surface area contributed by atoms with Gasteiger partial charge in [0, 0.05) is 23.2 Å². The molecule has 0 aliphatic heterocycles. The van der Waals surface area contributed by atoms with Crippen LogP contribution in [0.2, 0.25) is 0 Å². The number of aryl methyl sites for hydroxylation is 2. The molecular weight excluding hydrogens is 358 g/mol. The Kier molecular flexibility index (Phi) is 5.41. The number of fused-ring (bicyclic) bond motifs is 1. The van der Waals surface area contributed by atoms with Gasteiger partial charge < -0.3 is 20.3 Å². The van der Waals surface area contributed by atoms with E-state index in [9.17, 15) is 15.2 Å². The minimum absolute atomic E-state index is 0.0154. The number of nitrogen functional groups attached to an aromatic ring is 1. The number of aromatic nitrogens is 1. The Morgan fingerprint density at radius 1 is 1.39 bits per heavy atom. The van der Waals surface area contributed by atoms with Crippen LogP contribution in [0.4, 0.5) is 5.82 Å². The molecule has 3 N–H and O–H groups in total. The molecule has 0 amide bonds. The molecule has 3 rings (SSSR count). The number of aliphatic carboxylic acids is 1. The minimum atomic E-state index is -0.825. The van der Waals surface area contributed by atoms with Crippen LogP contribution in [0.15, 0.2) is 12.1 Å². The Morgan fingerprint density at radius 2 is 2.14 bits per heavy atom. The first kappa shape index (κ1) is 19.5. The van der Waals surface area contributed by atoms with Crippen molar-refractivity contribution in [3.8, 4) is 28.7 Å². The smallest absolute Gasteiger partial charge is 0.303 e. The number of nitrogens with zero attached hydrogens (tertiary/aromatic N) is 2. The molecule has 0 saturated carbocycles. The number of carboxylic acids is 1. The van der Waals surface area contributed by atoms with E-state index in [1.54, 1.807) is 14.2 Å². The molecule has 2 aromatic rings. The Balaban J connectivity index is 2.30. The summed E-state index contributed by atoms with van der Waals surface area (Å²) in [6.45, 7) is 1.93. The summed E-state index contributed by atoms with van der Waals surface area (Å²) in [7, 11) is 3.11. The second-order valence-electron chi connectivity index (χ2n) is 7.04. The molecule has 1 unspecified atom stereocenters. The fourth-order valence-electron chi connectivity index (χ4n) is 3.97. The van der Waals surface area contributed by atoms with E-state index in [1.165, 1.54) is 0 Å². The SMILES string of the molecule is COc1cc(C)cc(-c2c(C#N)c(N)nc3c2CC(CC(=O)O)CC3)c1OC. The van der Waals surface area contributed by atoms with Crippen LogP contribution in [0, 0.1) is 24.2 Å². The van der Waals surface area contributed by atoms with Crippen LogP contribution in [-0.2, 0) is 17.6 Å². The quantitative estimate of drug-likeness (QED) is 0.817. The highest BCUT2D eigenvalue weighted by Crippen LogP contribution is 2.45. The molecule has 0 spiro atoms. The van der Waals surface area contributed by atoms with Gasteiger partial charge in [-0.1, -0.05) is 0 Å². The summed E-state index contributed by atoms with van der Waals surface area (Å²) in [5, 5.41) is 19.0. The highest BCUT2D eigenvalue weighted by molar-refractivity contribution is 5.85. The fourth-order valence-corrected chi connectivity index (χ4v) is 3.97. The van der Waals surface area contributed by atoms with Gasteiger partial charge in [0.05, 0.1) is 14.2 Å². The van der Waals surface area contributed by atoms with Crippen molar-refractivity contribution in [2.75, 3.05) is 20.0 Å². The summed E-state index contributed by atoms with van der Waals surface area (Å²) in [4.78, 5) is 15.7. The zero-order valence-electron chi connectivity index (χ0n) is 16.2. The number of carbonyl (C=O) groups is 1. The van der Waals surface area contributed by atoms with Crippen molar-refractivity contribution in [2.24, 2.45) is 5.92 Å². The summed E-state index contributed by atoms with van der Waals surface area (Å²) in [5.74, 6) is 0.406. The van der Waals surface area contributed by atoms with Crippen LogP contribution in [-0.4, -0.2) is 30.3 Å². The maximum absolute atomic E-state index is 11.2. The summed E-state index contributed by atoms with van der Waals surface area (Å²) in [5.41, 5.74) is 10.4. The normalized spacial score (nSPS) is 15.4. The standard InChI is InChI=1S/C21H23N3O4/c1-11-6-14(20(28-3)17(7-11)27-2)19-13-8-12(9-18(25)26)4-5-16(13)24-21(23)15(19)10-22/h6-7,12H,4-5,8-9H2,1-3H3,(H2,23,24)(H,25,26). The number of ether oxygens (including phenoxy) is 2. The Hall–Kier alpha value is -3.27. The Labute approximate surface area is 163 Å². The van der Waals surface area contributed by atoms with Gasteiger partial charge in [0.1, 0.15) is 17.5 Å². The number of hydrogen-bond acceptors (Lipinski definition) is 6. The van der Waals surface area contributed by atoms with Crippen LogP contribution in [0.5, 0.6) is 11.5 Å². The predicted octanol–water partition coefficient (Wildman–Crippen LogP) is 3.11. The highest BCUT2D eigenvalue weighted by Gasteiger charge is 2.29. The number of benzene rings is 1. The summed E-state index contributed by atoms with van der Waals surface area (Å²) in [6.07, 6.45) is 1.96. The molecule has 0 radical (unpaired) electrons. The largest absolute Gasteiger partial charge is 0.493 e. The van der Waals surface area contributed by atoms with Crippen molar-refractivity contribution >= 4 is 11.8 Å². The van der Waals surface area contributed by atoms with Crippen molar-refractivity contribution in [3.63, 3.8) is 0 Å². The number of hydrogen-bond donors (Lipinski definition) is 2. The van der Waals surface area contributed by atoms with Crippen molar-refractivity contribution in [2.45, 2.75) is 32.6 Å². The van der Waals surface area contributed by atoms with Gasteiger partial charge in [0.15, 0.2) is 11.5 Å². The van der Waals surface area contributed by atoms with E-state index in [2.05, 4.69) is 11.1 Å². The van der Waals surface area contributed by atoms with Gasteiger partial charge in [-0.2, -0.15) is 5.26 Å². The fraction of sp³-hybridized carbons (Fsp3) is 0.381. The summed E-state index contributed by atoms with van der Waals surface area (Å²) < 4.78 is 11.1. The first-order valence-corrected chi connectivity index (χ1v) is 9.05. The molecule has 1 heterocycles. The molecule has 0 fully saturated rings. The molecule has 1 atom stereocenters. The molecule has 0 bridgehead atoms. The lowest BCUT2D eigenvalue weighted by molar-refractivity contribution is -0.138. The Morgan fingerprint density at radius 3 is 2.75 bits per heavy atom. The summed E-state index contributed by atoms with van der Waals surface area (Å²) >= 11 is 0. The van der Waals surface area contributed by atoms with E-state index in [4.69, 9.17) is 15.2 Å². The van der Waals surface area contributed by atoms with Crippen LogP contribution >= 0.6 is 0 Å². The molecular formula is C21H23N3O4. The number of methoxy groups -OCH3 is 2. The van der Waals surface area contributed by atoms with E-state index in [1.807, 2.05) is 19.1 Å². The zero-order valence-corrected chi connectivity index (χ0v) is 16.2. The summed E-state index contributed by atoms with van der Waals surface area (Å²) in [6, 6.07) is 5.96. The van der Waals surface area contributed by atoms with E-state index < -0.39 is 5.97 Å². The number of nitrogens with two attached hydrogens (primary N) is 1. The van der Waals surface area contributed by atoms with Crippen LogP contribution in [0.3, 0.4) is 0 Å². The van der Waals surface area contributed by atoms with Crippen molar-refractivity contribution in [3.05, 3.63) is 34.5 Å². The monoisotopic (exact) mass is 381 g/mol. The number of carboxylic acid groups (broad SMARTS) is 1. The lowest BCUT2D eigenvalue weighted by Crippen LogP contribution is -2.21. The maximum Gasteiger partial charge on any atom is 0.303 e. The average molecular weight is 381 g/mol. The van der Waals surface area contributed by atoms with Crippen molar-refractivity contribution < 1.29 is 19.4 Å². The van der Waals surface area contributed by atoms with Gasteiger partial charge in [0.2, 0.25) is 0 Å². The van der Waals surface area contributed by atoms with Crippen LogP contribution in [0.1, 0.15) is 35.2 Å². The second-order valence-corrected chi connectivity index (χ2v) is 7.04. The highest BCUT2D eigenvalue weighted by atomic mass is 16.5. The Bertz CT molecular complexity index is 979. The third-order valence-electron chi connectivity index (χ3n) is 5.16. The minimum Gasteiger partial charge on any atom is -0.493 e. The molecule has 1 aliphatic rings. The van der Waals surface area contributed by atoms with E-state index in [0.717, 1.165) is 23.2 Å². The van der Waals surface area contributed by atoms with Crippen LogP contribution < -0.4 is 15.2 Å². The molecule has 7 nitrogen and oxygen atoms in total. The van der Waals surface area contributed by atoms with Gasteiger partial charge in [-0.05, 0) is 55.4 Å². The molecule has 146 valence electrons. The van der Waals surface area contributed by atoms with Gasteiger partial charge in [-0.3, -0.25) is 4.79 Å². The molecule has 28 heavy (non-hydrogen) atoms. The van der Waals surface area contributed by atoms with E-state index in [-0.39, 0.29) is 23.7 Å². The van der Waals surface area contributed by atoms with Gasteiger partial charge >= 0.3 is 5.97 Å². The lowest BCUT2D eigenvalue weighted by Gasteiger charge is -2.27. The first-order valence-electron chi connectivity index (χ1n) is 9.05. The lowest BCUT2D eigenvalue weighted by atomic mass is 9.79. The predicted molar refractivity (Wildman–Crippen MR) is 104 cm³/mol. The van der Waals surface area contributed by atoms with Crippen LogP contribution in [0.25, 0.3) is 11.1 Å². The maximum atomic E-state index is 11.2. The number of pyridine rings is 1. The second kappa shape index (κ2) is 7.77. The molecule has 1 aromatic carbocycles. The number of anilines is 1. The van der Waals surface area contributed by atoms with Gasteiger partial charge in [0.25, 0.3) is 0 Å². The first-order chi connectivity index (χ1) is 13.4. The number of nitriles is 1. The third kappa shape index (κ3) is 3.46. The third-order valence-corrected chi connectivity index (χ3v) is 5.16. The van der Waals surface area contributed by atoms with Crippen molar-refractivity contribution in [1.29, 1.82) is 5.26 Å². The van der Waals surface area contributed by atoms with Gasteiger partial charge in [-0.15, -0.1) is 0 Å². The molecule has 1 aliphatic carbocycles. The van der Waals surface area contributed by atoms with Gasteiger partial charge in [-0.25, -0.2) is 4.98 Å². The molecule has 0 saturated heterocycles. The van der Waals surface area contributed by atoms with E-state index in [0.29, 0.717) is 35.5 Å². The number of rotatable bonds is 5. The topological polar surface area (TPSA) is 118 Å². The van der Waals surface area contributed by atoms with Crippen molar-refractivity contribution in [1.82, 2.24) is 4.98 Å².